The molecule has 25 heavy (non-hydrogen) atoms. The molecule has 1 aliphatic carbocycles. The number of carbonyl (C=O) groups excluding carboxylic acids is 2. The molecule has 1 aliphatic rings. The largest absolute Gasteiger partial charge is 0.481 e. The molecule has 2 rings (SSSR count). The number of hydrogen-bond donors (Lipinski definition) is 3. The molecule has 6 nitrogen and oxygen atoms in total. The molecule has 1 aromatic rings. The summed E-state index contributed by atoms with van der Waals surface area (Å²) in [5, 5.41) is 14.9. The summed E-state index contributed by atoms with van der Waals surface area (Å²) in [5.74, 6) is -1.04. The lowest BCUT2D eigenvalue weighted by molar-refractivity contribution is -0.139. The van der Waals surface area contributed by atoms with Crippen LogP contribution in [0.4, 0.5) is 5.69 Å². The highest BCUT2D eigenvalue weighted by molar-refractivity contribution is 6.31. The van der Waals surface area contributed by atoms with E-state index in [9.17, 15) is 14.4 Å². The predicted molar refractivity (Wildman–Crippen MR) is 95.8 cm³/mol. The Morgan fingerprint density at radius 2 is 1.92 bits per heavy atom. The number of hydrogen-bond acceptors (Lipinski definition) is 3. The lowest BCUT2D eigenvalue weighted by atomic mass is 9.85. The lowest BCUT2D eigenvalue weighted by Crippen LogP contribution is -2.28. The number of carbonyl (C=O) groups is 3. The molecule has 0 spiro atoms. The van der Waals surface area contributed by atoms with Crippen LogP contribution in [0.2, 0.25) is 5.02 Å². The smallest absolute Gasteiger partial charge is 0.303 e. The zero-order chi connectivity index (χ0) is 18.6. The fourth-order valence-corrected chi connectivity index (χ4v) is 2.74. The summed E-state index contributed by atoms with van der Waals surface area (Å²) in [7, 11) is 0. The fourth-order valence-electron chi connectivity index (χ4n) is 2.57. The number of carboxylic acid groups (broad SMARTS) is 1. The van der Waals surface area contributed by atoms with E-state index in [1.54, 1.807) is 26.0 Å². The van der Waals surface area contributed by atoms with Crippen LogP contribution in [0.25, 0.3) is 0 Å². The van der Waals surface area contributed by atoms with Crippen LogP contribution >= 0.6 is 11.6 Å². The average molecular weight is 367 g/mol. The van der Waals surface area contributed by atoms with Crippen molar-refractivity contribution in [3.63, 3.8) is 0 Å². The summed E-state index contributed by atoms with van der Waals surface area (Å²) in [6, 6.07) is 4.69. The fraction of sp³-hybridized carbons (Fsp3) is 0.500. The third-order valence-electron chi connectivity index (χ3n) is 4.02. The second-order valence-electron chi connectivity index (χ2n) is 7.30. The minimum absolute atomic E-state index is 0.0328. The molecule has 0 radical (unpaired) electrons. The van der Waals surface area contributed by atoms with Crippen LogP contribution in [0.3, 0.4) is 0 Å². The first-order valence-corrected chi connectivity index (χ1v) is 8.63. The summed E-state index contributed by atoms with van der Waals surface area (Å²) in [4.78, 5) is 35.5. The van der Waals surface area contributed by atoms with Crippen LogP contribution in [0.5, 0.6) is 0 Å². The van der Waals surface area contributed by atoms with Gasteiger partial charge in [-0.3, -0.25) is 14.4 Å². The molecule has 1 fully saturated rings. The maximum atomic E-state index is 12.4. The molecule has 0 aliphatic heterocycles. The Morgan fingerprint density at radius 1 is 1.24 bits per heavy atom. The lowest BCUT2D eigenvalue weighted by Gasteiger charge is -2.22. The van der Waals surface area contributed by atoms with E-state index in [-0.39, 0.29) is 24.7 Å². The normalized spacial score (nSPS) is 14.0. The second kappa shape index (κ2) is 7.87. The first kappa shape index (κ1) is 19.2. The minimum atomic E-state index is -0.954. The Bertz CT molecular complexity index is 684. The van der Waals surface area contributed by atoms with Gasteiger partial charge in [0.05, 0.1) is 17.7 Å². The molecule has 2 amide bonds. The van der Waals surface area contributed by atoms with Gasteiger partial charge in [0.15, 0.2) is 0 Å². The molecule has 136 valence electrons. The Hall–Kier alpha value is -2.08. The maximum absolute atomic E-state index is 12.4. The molecule has 0 bridgehead atoms. The van der Waals surface area contributed by atoms with Crippen molar-refractivity contribution >= 4 is 35.1 Å². The van der Waals surface area contributed by atoms with Gasteiger partial charge in [0.1, 0.15) is 0 Å². The number of anilines is 1. The number of aliphatic carboxylic acids is 1. The van der Waals surface area contributed by atoms with E-state index in [2.05, 4.69) is 10.6 Å². The third-order valence-corrected chi connectivity index (χ3v) is 4.25. The summed E-state index contributed by atoms with van der Waals surface area (Å²) < 4.78 is 0. The van der Waals surface area contributed by atoms with Crippen molar-refractivity contribution < 1.29 is 19.5 Å². The highest BCUT2D eigenvalue weighted by Crippen LogP contribution is 2.29. The van der Waals surface area contributed by atoms with E-state index in [0.717, 1.165) is 12.8 Å². The van der Waals surface area contributed by atoms with Crippen molar-refractivity contribution in [3.8, 4) is 0 Å². The standard InChI is InChI=1S/C18H23ClN2O4/c1-18(2,9-16(23)24)8-15(22)21-14-6-5-12(19)7-13(14)17(25)20-10-11-3-4-11/h5-7,11H,3-4,8-10H2,1-2H3,(H,20,25)(H,21,22)(H,23,24). The van der Waals surface area contributed by atoms with Gasteiger partial charge in [-0.25, -0.2) is 0 Å². The topological polar surface area (TPSA) is 95.5 Å². The van der Waals surface area contributed by atoms with Gasteiger partial charge in [-0.15, -0.1) is 0 Å². The quantitative estimate of drug-likeness (QED) is 0.657. The third kappa shape index (κ3) is 6.38. The van der Waals surface area contributed by atoms with E-state index in [0.29, 0.717) is 28.7 Å². The van der Waals surface area contributed by atoms with Gasteiger partial charge in [-0.1, -0.05) is 25.4 Å². The Morgan fingerprint density at radius 3 is 2.52 bits per heavy atom. The number of carboxylic acids is 1. The molecule has 1 saturated carbocycles. The van der Waals surface area contributed by atoms with Crippen LogP contribution in [0.1, 0.15) is 49.9 Å². The van der Waals surface area contributed by atoms with Gasteiger partial charge in [0.25, 0.3) is 5.91 Å². The Balaban J connectivity index is 2.05. The number of nitrogens with one attached hydrogen (secondary N) is 2. The molecular weight excluding hydrogens is 344 g/mol. The zero-order valence-corrected chi connectivity index (χ0v) is 15.2. The van der Waals surface area contributed by atoms with Crippen LogP contribution in [0, 0.1) is 11.3 Å². The second-order valence-corrected chi connectivity index (χ2v) is 7.74. The SMILES string of the molecule is CC(C)(CC(=O)O)CC(=O)Nc1ccc(Cl)cc1C(=O)NCC1CC1. The first-order valence-electron chi connectivity index (χ1n) is 8.26. The van der Waals surface area contributed by atoms with Crippen LogP contribution in [-0.2, 0) is 9.59 Å². The number of benzene rings is 1. The number of rotatable bonds is 8. The zero-order valence-electron chi connectivity index (χ0n) is 14.4. The minimum Gasteiger partial charge on any atom is -0.481 e. The number of amides is 2. The maximum Gasteiger partial charge on any atom is 0.303 e. The van der Waals surface area contributed by atoms with Crippen molar-refractivity contribution in [1.29, 1.82) is 0 Å². The molecule has 0 heterocycles. The van der Waals surface area contributed by atoms with Gasteiger partial charge >= 0.3 is 5.97 Å². The highest BCUT2D eigenvalue weighted by Gasteiger charge is 2.26. The summed E-state index contributed by atoms with van der Waals surface area (Å²) in [5.41, 5.74) is -0.0112. The van der Waals surface area contributed by atoms with Crippen molar-refractivity contribution in [1.82, 2.24) is 5.32 Å². The van der Waals surface area contributed by atoms with Crippen molar-refractivity contribution in [2.75, 3.05) is 11.9 Å². The molecule has 1 aromatic carbocycles. The monoisotopic (exact) mass is 366 g/mol. The van der Waals surface area contributed by atoms with Crippen molar-refractivity contribution in [2.45, 2.75) is 39.5 Å². The van der Waals surface area contributed by atoms with Gasteiger partial charge in [-0.05, 0) is 42.4 Å². The van der Waals surface area contributed by atoms with E-state index < -0.39 is 11.4 Å². The molecule has 7 heteroatoms. The summed E-state index contributed by atoms with van der Waals surface area (Å²) >= 11 is 5.98. The highest BCUT2D eigenvalue weighted by atomic mass is 35.5. The predicted octanol–water partition coefficient (Wildman–Crippen LogP) is 3.31. The van der Waals surface area contributed by atoms with Crippen molar-refractivity contribution in [3.05, 3.63) is 28.8 Å². The van der Waals surface area contributed by atoms with E-state index in [1.165, 1.54) is 6.07 Å². The summed E-state index contributed by atoms with van der Waals surface area (Å²) in [6.45, 7) is 4.04. The van der Waals surface area contributed by atoms with Gasteiger partial charge in [0.2, 0.25) is 5.91 Å². The van der Waals surface area contributed by atoms with Crippen LogP contribution < -0.4 is 10.6 Å². The average Bonchev–Trinajstić information content (AvgIpc) is 3.28. The van der Waals surface area contributed by atoms with E-state index in [1.807, 2.05) is 0 Å². The Labute approximate surface area is 151 Å². The number of halogens is 1. The van der Waals surface area contributed by atoms with E-state index in [4.69, 9.17) is 16.7 Å². The molecule has 0 aromatic heterocycles. The van der Waals surface area contributed by atoms with Crippen LogP contribution in [0.15, 0.2) is 18.2 Å². The molecule has 0 saturated heterocycles. The van der Waals surface area contributed by atoms with Gasteiger partial charge in [0, 0.05) is 18.0 Å². The molecule has 3 N–H and O–H groups in total. The molecule has 0 atom stereocenters. The first-order chi connectivity index (χ1) is 11.7. The molecular formula is C18H23ClN2O4. The van der Waals surface area contributed by atoms with Crippen LogP contribution in [-0.4, -0.2) is 29.4 Å². The Kier molecular flexibility index (Phi) is 6.06. The van der Waals surface area contributed by atoms with Crippen molar-refractivity contribution in [2.24, 2.45) is 11.3 Å². The van der Waals surface area contributed by atoms with Gasteiger partial charge in [-0.2, -0.15) is 0 Å². The van der Waals surface area contributed by atoms with Gasteiger partial charge < -0.3 is 15.7 Å². The summed E-state index contributed by atoms with van der Waals surface area (Å²) in [6.07, 6.45) is 2.16. The molecule has 0 unspecified atom stereocenters. The van der Waals surface area contributed by atoms with E-state index >= 15 is 0 Å².